The Balaban J connectivity index is 1.67. The van der Waals surface area contributed by atoms with Crippen LogP contribution in [0, 0.1) is 0 Å². The zero-order valence-corrected chi connectivity index (χ0v) is 16.8. The number of benzene rings is 2. The van der Waals surface area contributed by atoms with Gasteiger partial charge in [0.05, 0.1) is 32.2 Å². The minimum absolute atomic E-state index is 0.0955. The quantitative estimate of drug-likeness (QED) is 0.563. The van der Waals surface area contributed by atoms with E-state index in [0.717, 1.165) is 11.3 Å². The summed E-state index contributed by atoms with van der Waals surface area (Å²) in [5.74, 6) is 1.91. The molecule has 0 saturated heterocycles. The van der Waals surface area contributed by atoms with Crippen LogP contribution in [-0.4, -0.2) is 26.2 Å². The first-order valence-corrected chi connectivity index (χ1v) is 9.47. The maximum absolute atomic E-state index is 12.6. The smallest absolute Gasteiger partial charge is 0.226 e. The maximum Gasteiger partial charge on any atom is 0.226 e. The number of furan rings is 1. The molecule has 0 aliphatic rings. The van der Waals surface area contributed by atoms with Crippen molar-refractivity contribution in [2.24, 2.45) is 0 Å². The second kappa shape index (κ2) is 9.80. The van der Waals surface area contributed by atoms with Gasteiger partial charge in [0, 0.05) is 18.5 Å². The van der Waals surface area contributed by atoms with E-state index in [4.69, 9.17) is 13.9 Å². The van der Waals surface area contributed by atoms with Crippen molar-refractivity contribution >= 4 is 11.6 Å². The number of ether oxygens (including phenoxy) is 2. The summed E-state index contributed by atoms with van der Waals surface area (Å²) in [7, 11) is 3.15. The monoisotopic (exact) mass is 394 g/mol. The molecule has 0 aliphatic heterocycles. The summed E-state index contributed by atoms with van der Waals surface area (Å²) in [6.45, 7) is 1.97. The van der Waals surface area contributed by atoms with Crippen LogP contribution in [0.15, 0.2) is 71.3 Å². The Labute approximate surface area is 170 Å². The fourth-order valence-electron chi connectivity index (χ4n) is 3.18. The summed E-state index contributed by atoms with van der Waals surface area (Å²) in [6.07, 6.45) is 1.93. The van der Waals surface area contributed by atoms with Crippen LogP contribution in [0.2, 0.25) is 0 Å². The number of carbonyl (C=O) groups is 1. The third kappa shape index (κ3) is 5.39. The van der Waals surface area contributed by atoms with Gasteiger partial charge in [-0.3, -0.25) is 4.79 Å². The van der Waals surface area contributed by atoms with Gasteiger partial charge < -0.3 is 24.5 Å². The van der Waals surface area contributed by atoms with Gasteiger partial charge in [0.1, 0.15) is 17.3 Å². The third-order valence-electron chi connectivity index (χ3n) is 4.58. The lowest BCUT2D eigenvalue weighted by molar-refractivity contribution is -0.116. The fraction of sp³-hybridized carbons (Fsp3) is 0.261. The minimum Gasteiger partial charge on any atom is -0.497 e. The molecule has 6 heteroatoms. The van der Waals surface area contributed by atoms with E-state index in [2.05, 4.69) is 10.6 Å². The van der Waals surface area contributed by atoms with Crippen LogP contribution in [0.1, 0.15) is 30.7 Å². The number of rotatable bonds is 9. The Morgan fingerprint density at radius 2 is 1.83 bits per heavy atom. The highest BCUT2D eigenvalue weighted by atomic mass is 16.5. The lowest BCUT2D eigenvalue weighted by Crippen LogP contribution is -2.34. The van der Waals surface area contributed by atoms with E-state index in [1.54, 1.807) is 38.7 Å². The molecule has 3 aromatic rings. The molecule has 0 fully saturated rings. The Hall–Kier alpha value is -3.25. The second-order valence-electron chi connectivity index (χ2n) is 6.75. The van der Waals surface area contributed by atoms with Gasteiger partial charge in [-0.05, 0) is 36.8 Å². The van der Waals surface area contributed by atoms with E-state index in [1.807, 2.05) is 49.4 Å². The van der Waals surface area contributed by atoms with Crippen molar-refractivity contribution in [3.63, 3.8) is 0 Å². The minimum atomic E-state index is -0.139. The van der Waals surface area contributed by atoms with Crippen molar-refractivity contribution in [3.05, 3.63) is 78.3 Å². The summed E-state index contributed by atoms with van der Waals surface area (Å²) >= 11 is 0. The van der Waals surface area contributed by atoms with Gasteiger partial charge in [0.15, 0.2) is 0 Å². The zero-order chi connectivity index (χ0) is 20.6. The van der Waals surface area contributed by atoms with Crippen molar-refractivity contribution in [2.75, 3.05) is 19.5 Å². The summed E-state index contributed by atoms with van der Waals surface area (Å²) in [5.41, 5.74) is 1.65. The SMILES string of the molecule is COc1ccc(OC)c(NC(=O)CC(C)NC(c2ccccc2)c2ccco2)c1. The molecule has 2 aromatic carbocycles. The highest BCUT2D eigenvalue weighted by Crippen LogP contribution is 2.29. The molecule has 152 valence electrons. The number of carbonyl (C=O) groups excluding carboxylic acids is 1. The molecular formula is C23H26N2O4. The van der Waals surface area contributed by atoms with Crippen molar-refractivity contribution < 1.29 is 18.7 Å². The predicted molar refractivity (Wildman–Crippen MR) is 112 cm³/mol. The Kier molecular flexibility index (Phi) is 6.92. The largest absolute Gasteiger partial charge is 0.497 e. The average molecular weight is 394 g/mol. The first-order chi connectivity index (χ1) is 14.1. The number of hydrogen-bond donors (Lipinski definition) is 2. The molecule has 0 radical (unpaired) electrons. The van der Waals surface area contributed by atoms with Crippen molar-refractivity contribution in [1.82, 2.24) is 5.32 Å². The molecule has 2 N–H and O–H groups in total. The fourth-order valence-corrected chi connectivity index (χ4v) is 3.18. The molecule has 0 bridgehead atoms. The summed E-state index contributed by atoms with van der Waals surface area (Å²) in [5, 5.41) is 6.40. The molecule has 1 aromatic heterocycles. The van der Waals surface area contributed by atoms with Crippen LogP contribution in [0.25, 0.3) is 0 Å². The van der Waals surface area contributed by atoms with E-state index in [9.17, 15) is 4.79 Å². The Morgan fingerprint density at radius 3 is 2.48 bits per heavy atom. The van der Waals surface area contributed by atoms with Gasteiger partial charge in [0.2, 0.25) is 5.91 Å². The van der Waals surface area contributed by atoms with Gasteiger partial charge in [0.25, 0.3) is 0 Å². The molecule has 2 unspecified atom stereocenters. The molecule has 1 heterocycles. The van der Waals surface area contributed by atoms with Crippen LogP contribution < -0.4 is 20.1 Å². The van der Waals surface area contributed by atoms with E-state index in [-0.39, 0.29) is 24.4 Å². The lowest BCUT2D eigenvalue weighted by atomic mass is 10.0. The van der Waals surface area contributed by atoms with Crippen molar-refractivity contribution in [3.8, 4) is 11.5 Å². The second-order valence-corrected chi connectivity index (χ2v) is 6.75. The molecule has 6 nitrogen and oxygen atoms in total. The zero-order valence-electron chi connectivity index (χ0n) is 16.8. The highest BCUT2D eigenvalue weighted by molar-refractivity contribution is 5.92. The van der Waals surface area contributed by atoms with Crippen molar-refractivity contribution in [2.45, 2.75) is 25.4 Å². The van der Waals surface area contributed by atoms with Crippen LogP contribution in [0.5, 0.6) is 11.5 Å². The molecule has 0 aliphatic carbocycles. The Bertz CT molecular complexity index is 910. The van der Waals surface area contributed by atoms with Crippen LogP contribution in [-0.2, 0) is 4.79 Å². The molecule has 0 spiro atoms. The number of hydrogen-bond acceptors (Lipinski definition) is 5. The Morgan fingerprint density at radius 1 is 1.03 bits per heavy atom. The van der Waals surface area contributed by atoms with Gasteiger partial charge in [-0.1, -0.05) is 30.3 Å². The van der Waals surface area contributed by atoms with Gasteiger partial charge >= 0.3 is 0 Å². The third-order valence-corrected chi connectivity index (χ3v) is 4.58. The van der Waals surface area contributed by atoms with E-state index < -0.39 is 0 Å². The average Bonchev–Trinajstić information content (AvgIpc) is 3.27. The van der Waals surface area contributed by atoms with E-state index in [1.165, 1.54) is 0 Å². The van der Waals surface area contributed by atoms with Crippen LogP contribution >= 0.6 is 0 Å². The van der Waals surface area contributed by atoms with Crippen LogP contribution in [0.3, 0.4) is 0 Å². The highest BCUT2D eigenvalue weighted by Gasteiger charge is 2.21. The van der Waals surface area contributed by atoms with E-state index >= 15 is 0 Å². The number of nitrogens with one attached hydrogen (secondary N) is 2. The molecule has 0 saturated carbocycles. The number of methoxy groups -OCH3 is 2. The van der Waals surface area contributed by atoms with Gasteiger partial charge in [-0.15, -0.1) is 0 Å². The number of amides is 1. The van der Waals surface area contributed by atoms with Crippen molar-refractivity contribution in [1.29, 1.82) is 0 Å². The maximum atomic E-state index is 12.6. The lowest BCUT2D eigenvalue weighted by Gasteiger charge is -2.22. The molecule has 2 atom stereocenters. The topological polar surface area (TPSA) is 72.7 Å². The van der Waals surface area contributed by atoms with E-state index in [0.29, 0.717) is 17.2 Å². The molecule has 1 amide bonds. The van der Waals surface area contributed by atoms with Crippen LogP contribution in [0.4, 0.5) is 5.69 Å². The first-order valence-electron chi connectivity index (χ1n) is 9.47. The summed E-state index contributed by atoms with van der Waals surface area (Å²) in [4.78, 5) is 12.6. The van der Waals surface area contributed by atoms with Gasteiger partial charge in [-0.25, -0.2) is 0 Å². The predicted octanol–water partition coefficient (Wildman–Crippen LogP) is 4.39. The standard InChI is InChI=1S/C23H26N2O4/c1-16(14-22(26)25-19-15-18(27-2)11-12-20(19)28-3)24-23(21-10-7-13-29-21)17-8-5-4-6-9-17/h4-13,15-16,23-24H,14H2,1-3H3,(H,25,26). The molecule has 3 rings (SSSR count). The van der Waals surface area contributed by atoms with Gasteiger partial charge in [-0.2, -0.15) is 0 Å². The normalized spacial score (nSPS) is 12.8. The molecule has 29 heavy (non-hydrogen) atoms. The first kappa shape index (κ1) is 20.5. The number of anilines is 1. The summed E-state index contributed by atoms with van der Waals surface area (Å²) in [6, 6.07) is 18.9. The summed E-state index contributed by atoms with van der Waals surface area (Å²) < 4.78 is 16.2. The molecular weight excluding hydrogens is 368 g/mol.